The van der Waals surface area contributed by atoms with Crippen molar-refractivity contribution in [2.24, 2.45) is 0 Å². The third-order valence-electron chi connectivity index (χ3n) is 1.77. The molecule has 1 aromatic rings. The summed E-state index contributed by atoms with van der Waals surface area (Å²) >= 11 is 2.76. The van der Waals surface area contributed by atoms with Gasteiger partial charge in [0.2, 0.25) is 0 Å². The van der Waals surface area contributed by atoms with Gasteiger partial charge >= 0.3 is 5.97 Å². The smallest absolute Gasteiger partial charge is 0.379 e. The van der Waals surface area contributed by atoms with E-state index in [-0.39, 0.29) is 16.8 Å². The summed E-state index contributed by atoms with van der Waals surface area (Å²) in [6.07, 6.45) is 0. The van der Waals surface area contributed by atoms with E-state index in [1.165, 1.54) is 6.92 Å². The van der Waals surface area contributed by atoms with Crippen molar-refractivity contribution in [3.8, 4) is 5.75 Å². The summed E-state index contributed by atoms with van der Waals surface area (Å²) in [4.78, 5) is 22.5. The third kappa shape index (κ3) is 2.38. The van der Waals surface area contributed by atoms with E-state index in [9.17, 15) is 14.0 Å². The monoisotopic (exact) mass is 290 g/mol. The van der Waals surface area contributed by atoms with Crippen LogP contribution in [0.3, 0.4) is 0 Å². The summed E-state index contributed by atoms with van der Waals surface area (Å²) in [6, 6.07) is 2.13. The Labute approximate surface area is 99.2 Å². The zero-order valence-corrected chi connectivity index (χ0v) is 9.88. The molecule has 0 saturated carbocycles. The van der Waals surface area contributed by atoms with Crippen LogP contribution >= 0.6 is 15.9 Å². The van der Waals surface area contributed by atoms with Gasteiger partial charge < -0.3 is 9.84 Å². The van der Waals surface area contributed by atoms with E-state index in [2.05, 4.69) is 20.7 Å². The van der Waals surface area contributed by atoms with E-state index in [1.54, 1.807) is 0 Å². The molecular weight excluding hydrogens is 283 g/mol. The van der Waals surface area contributed by atoms with Crippen LogP contribution in [0.4, 0.5) is 4.39 Å². The second-order valence-electron chi connectivity index (χ2n) is 2.81. The number of ether oxygens (including phenoxy) is 1. The molecule has 0 amide bonds. The molecule has 0 atom stereocenters. The van der Waals surface area contributed by atoms with Gasteiger partial charge in [-0.1, -0.05) is 0 Å². The molecule has 0 saturated heterocycles. The van der Waals surface area contributed by atoms with Crippen molar-refractivity contribution in [3.05, 3.63) is 28.0 Å². The summed E-state index contributed by atoms with van der Waals surface area (Å²) < 4.78 is 17.7. The Bertz CT molecular complexity index is 445. The first-order chi connectivity index (χ1) is 7.49. The second kappa shape index (κ2) is 5.07. The van der Waals surface area contributed by atoms with Crippen molar-refractivity contribution in [2.75, 3.05) is 6.61 Å². The molecule has 86 valence electrons. The molecule has 0 radical (unpaired) electrons. The maximum absolute atomic E-state index is 13.5. The number of carbonyl (C=O) groups is 2. The normalized spacial score (nSPS) is 9.94. The molecule has 0 aromatic heterocycles. The van der Waals surface area contributed by atoms with E-state index >= 15 is 0 Å². The Hall–Kier alpha value is -1.43. The van der Waals surface area contributed by atoms with Crippen molar-refractivity contribution >= 4 is 27.7 Å². The fourth-order valence-electron chi connectivity index (χ4n) is 1.02. The average molecular weight is 291 g/mol. The maximum Gasteiger partial charge on any atom is 0.379 e. The number of esters is 1. The Morgan fingerprint density at radius 1 is 1.50 bits per heavy atom. The predicted octanol–water partition coefficient (Wildman–Crippen LogP) is 2.04. The first kappa shape index (κ1) is 12.6. The second-order valence-corrected chi connectivity index (χ2v) is 3.60. The first-order valence-corrected chi connectivity index (χ1v) is 5.16. The lowest BCUT2D eigenvalue weighted by molar-refractivity contribution is -0.137. The Morgan fingerprint density at radius 2 is 2.12 bits per heavy atom. The Morgan fingerprint density at radius 3 is 2.69 bits per heavy atom. The molecule has 0 heterocycles. The highest BCUT2D eigenvalue weighted by atomic mass is 79.9. The molecule has 1 rings (SSSR count). The molecule has 16 heavy (non-hydrogen) atoms. The number of rotatable bonds is 3. The van der Waals surface area contributed by atoms with Crippen molar-refractivity contribution in [3.63, 3.8) is 0 Å². The minimum absolute atomic E-state index is 0.0332. The highest BCUT2D eigenvalue weighted by Gasteiger charge is 2.23. The van der Waals surface area contributed by atoms with Gasteiger partial charge in [-0.25, -0.2) is 9.18 Å². The van der Waals surface area contributed by atoms with Crippen LogP contribution < -0.4 is 0 Å². The third-order valence-corrected chi connectivity index (χ3v) is 2.52. The summed E-state index contributed by atoms with van der Waals surface area (Å²) in [6.45, 7) is 1.57. The lowest BCUT2D eigenvalue weighted by atomic mass is 10.1. The zero-order valence-electron chi connectivity index (χ0n) is 8.29. The number of carbonyl (C=O) groups excluding carboxylic acids is 2. The van der Waals surface area contributed by atoms with Crippen LogP contribution in [0.15, 0.2) is 16.6 Å². The maximum atomic E-state index is 13.5. The van der Waals surface area contributed by atoms with Crippen LogP contribution in [0.1, 0.15) is 17.3 Å². The van der Waals surface area contributed by atoms with E-state index in [0.717, 1.165) is 12.1 Å². The average Bonchev–Trinajstić information content (AvgIpc) is 2.26. The van der Waals surface area contributed by atoms with Gasteiger partial charge in [0.05, 0.1) is 16.6 Å². The van der Waals surface area contributed by atoms with E-state index in [4.69, 9.17) is 5.11 Å². The van der Waals surface area contributed by atoms with Crippen LogP contribution in [0, 0.1) is 5.82 Å². The van der Waals surface area contributed by atoms with Crippen molar-refractivity contribution in [1.82, 2.24) is 0 Å². The van der Waals surface area contributed by atoms with Gasteiger partial charge in [-0.15, -0.1) is 0 Å². The highest BCUT2D eigenvalue weighted by molar-refractivity contribution is 9.10. The summed E-state index contributed by atoms with van der Waals surface area (Å²) in [5.74, 6) is -3.55. The van der Waals surface area contributed by atoms with E-state index in [0.29, 0.717) is 0 Å². The van der Waals surface area contributed by atoms with Gasteiger partial charge in [0.25, 0.3) is 5.78 Å². The van der Waals surface area contributed by atoms with Crippen LogP contribution in [0.5, 0.6) is 5.75 Å². The Kier molecular flexibility index (Phi) is 4.00. The van der Waals surface area contributed by atoms with Crippen molar-refractivity contribution in [2.45, 2.75) is 6.92 Å². The van der Waals surface area contributed by atoms with Gasteiger partial charge in [0.1, 0.15) is 5.75 Å². The molecule has 1 N–H and O–H groups in total. The number of benzene rings is 1. The summed E-state index contributed by atoms with van der Waals surface area (Å²) in [7, 11) is 0. The lowest BCUT2D eigenvalue weighted by Crippen LogP contribution is -2.18. The van der Waals surface area contributed by atoms with E-state index in [1.807, 2.05) is 0 Å². The predicted molar refractivity (Wildman–Crippen MR) is 56.7 cm³/mol. The molecule has 0 fully saturated rings. The largest absolute Gasteiger partial charge is 0.507 e. The highest BCUT2D eigenvalue weighted by Crippen LogP contribution is 2.28. The summed E-state index contributed by atoms with van der Waals surface area (Å²) in [5, 5.41) is 9.13. The molecule has 0 unspecified atom stereocenters. The SMILES string of the molecule is CCOC(=O)C(=O)c1ccc(O)c(Br)c1F. The molecule has 1 aromatic carbocycles. The molecule has 0 aliphatic carbocycles. The molecule has 0 aliphatic rings. The number of Topliss-reactive ketones (excluding diaryl/α,β-unsaturated/α-hetero) is 1. The zero-order chi connectivity index (χ0) is 12.3. The Balaban J connectivity index is 3.10. The fraction of sp³-hybridized carbons (Fsp3) is 0.200. The van der Waals surface area contributed by atoms with Crippen LogP contribution in [0.2, 0.25) is 0 Å². The van der Waals surface area contributed by atoms with Crippen molar-refractivity contribution < 1.29 is 23.8 Å². The number of phenols is 1. The number of hydrogen-bond acceptors (Lipinski definition) is 4. The first-order valence-electron chi connectivity index (χ1n) is 4.37. The minimum Gasteiger partial charge on any atom is -0.507 e. The van der Waals surface area contributed by atoms with Gasteiger partial charge in [0.15, 0.2) is 5.82 Å². The van der Waals surface area contributed by atoms with E-state index < -0.39 is 23.1 Å². The number of aromatic hydroxyl groups is 1. The van der Waals surface area contributed by atoms with Gasteiger partial charge in [-0.05, 0) is 35.0 Å². The number of hydrogen-bond donors (Lipinski definition) is 1. The van der Waals surface area contributed by atoms with Gasteiger partial charge in [-0.3, -0.25) is 4.79 Å². The minimum atomic E-state index is -1.13. The van der Waals surface area contributed by atoms with Gasteiger partial charge in [-0.2, -0.15) is 0 Å². The van der Waals surface area contributed by atoms with Crippen LogP contribution in [0.25, 0.3) is 0 Å². The fourth-order valence-corrected chi connectivity index (χ4v) is 1.37. The summed E-state index contributed by atoms with van der Waals surface area (Å²) in [5.41, 5.74) is -0.442. The quantitative estimate of drug-likeness (QED) is 0.526. The lowest BCUT2D eigenvalue weighted by Gasteiger charge is -2.04. The molecule has 0 aliphatic heterocycles. The molecular formula is C10H8BrFO4. The molecule has 4 nitrogen and oxygen atoms in total. The van der Waals surface area contributed by atoms with Crippen LogP contribution in [-0.2, 0) is 9.53 Å². The number of halogens is 2. The molecule has 6 heteroatoms. The topological polar surface area (TPSA) is 63.6 Å². The molecule has 0 spiro atoms. The number of ketones is 1. The van der Waals surface area contributed by atoms with Crippen molar-refractivity contribution in [1.29, 1.82) is 0 Å². The standard InChI is InChI=1S/C10H8BrFO4/c1-2-16-10(15)9(14)5-3-4-6(13)7(11)8(5)12/h3-4,13H,2H2,1H3. The number of phenolic OH excluding ortho intramolecular Hbond substituents is 1. The van der Waals surface area contributed by atoms with Crippen LogP contribution in [-0.4, -0.2) is 23.5 Å². The van der Waals surface area contributed by atoms with Gasteiger partial charge in [0, 0.05) is 0 Å². The molecule has 0 bridgehead atoms.